The summed E-state index contributed by atoms with van der Waals surface area (Å²) in [4.78, 5) is 26.4. The molecule has 0 atom stereocenters. The van der Waals surface area contributed by atoms with Gasteiger partial charge in [-0.1, -0.05) is 12.1 Å². The average Bonchev–Trinajstić information content (AvgIpc) is 2.77. The van der Waals surface area contributed by atoms with Crippen molar-refractivity contribution >= 4 is 29.0 Å². The molecule has 1 amide bonds. The van der Waals surface area contributed by atoms with E-state index in [0.717, 1.165) is 49.1 Å². The first-order chi connectivity index (χ1) is 15.5. The summed E-state index contributed by atoms with van der Waals surface area (Å²) in [6.07, 6.45) is 1.66. The smallest absolute Gasteiger partial charge is 0.414 e. The first kappa shape index (κ1) is 23.4. The molecule has 4 rings (SSSR count). The molecule has 178 valence electrons. The Morgan fingerprint density at radius 1 is 0.848 bits per heavy atom. The number of para-hydroxylation sites is 2. The Labute approximate surface area is 197 Å². The van der Waals surface area contributed by atoms with E-state index in [1.165, 1.54) is 0 Å². The van der Waals surface area contributed by atoms with Gasteiger partial charge in [0.25, 0.3) is 0 Å². The van der Waals surface area contributed by atoms with Gasteiger partial charge in [0.2, 0.25) is 0 Å². The number of pyridine rings is 1. The maximum Gasteiger partial charge on any atom is 0.414 e. The quantitative estimate of drug-likeness (QED) is 0.648. The van der Waals surface area contributed by atoms with Gasteiger partial charge in [0, 0.05) is 44.8 Å². The van der Waals surface area contributed by atoms with Crippen molar-refractivity contribution in [3.05, 3.63) is 42.6 Å². The molecule has 2 aromatic rings. The van der Waals surface area contributed by atoms with Crippen molar-refractivity contribution < 1.29 is 9.53 Å². The molecule has 1 aromatic carbocycles. The highest BCUT2D eigenvalue weighted by molar-refractivity contribution is 5.95. The molecule has 1 fully saturated rings. The van der Waals surface area contributed by atoms with E-state index in [-0.39, 0.29) is 11.6 Å². The number of carbonyl (C=O) groups excluding carboxylic acids is 1. The third-order valence-corrected chi connectivity index (χ3v) is 6.23. The third-order valence-electron chi connectivity index (χ3n) is 6.23. The van der Waals surface area contributed by atoms with E-state index in [4.69, 9.17) is 9.72 Å². The summed E-state index contributed by atoms with van der Waals surface area (Å²) in [5.74, 6) is 0.892. The summed E-state index contributed by atoms with van der Waals surface area (Å²) >= 11 is 0. The van der Waals surface area contributed by atoms with Crippen molar-refractivity contribution in [3.8, 4) is 0 Å². The number of nitrogens with zero attached hydrogens (tertiary/aromatic N) is 5. The Balaban J connectivity index is 1.49. The van der Waals surface area contributed by atoms with Crippen LogP contribution in [0, 0.1) is 0 Å². The van der Waals surface area contributed by atoms with Crippen molar-refractivity contribution in [2.75, 3.05) is 54.0 Å². The monoisotopic (exact) mass is 451 g/mol. The number of aromatic nitrogens is 1. The van der Waals surface area contributed by atoms with Crippen LogP contribution < -0.4 is 14.7 Å². The molecular formula is C26H37N5O2. The normalized spacial score (nSPS) is 17.7. The minimum absolute atomic E-state index is 0.211. The molecule has 0 N–H and O–H groups in total. The van der Waals surface area contributed by atoms with Gasteiger partial charge >= 0.3 is 6.09 Å². The minimum Gasteiger partial charge on any atom is -0.443 e. The Hall–Kier alpha value is -2.80. The standard InChI is InChI=1S/C26H37N5O2/c1-25(2,3)29-15-13-28(14-16-29)20-11-12-23(27-19-20)30-17-18-31(24(32)33-26(4,5)6)22-10-8-7-9-21(22)30/h7-12,19H,13-18H2,1-6H3. The molecular weight excluding hydrogens is 414 g/mol. The maximum atomic E-state index is 12.8. The third kappa shape index (κ3) is 5.24. The predicted octanol–water partition coefficient (Wildman–Crippen LogP) is 4.90. The number of amides is 1. The molecule has 2 aliphatic heterocycles. The van der Waals surface area contributed by atoms with Crippen LogP contribution in [-0.4, -0.2) is 66.4 Å². The van der Waals surface area contributed by atoms with Gasteiger partial charge in [-0.25, -0.2) is 9.78 Å². The number of piperazine rings is 1. The highest BCUT2D eigenvalue weighted by atomic mass is 16.6. The number of carbonyl (C=O) groups is 1. The zero-order chi connectivity index (χ0) is 23.8. The van der Waals surface area contributed by atoms with Crippen molar-refractivity contribution in [1.82, 2.24) is 9.88 Å². The van der Waals surface area contributed by atoms with Gasteiger partial charge in [-0.2, -0.15) is 0 Å². The fraction of sp³-hybridized carbons (Fsp3) is 0.538. The average molecular weight is 452 g/mol. The van der Waals surface area contributed by atoms with Crippen molar-refractivity contribution in [1.29, 1.82) is 0 Å². The first-order valence-electron chi connectivity index (χ1n) is 11.9. The van der Waals surface area contributed by atoms with Gasteiger partial charge in [0.1, 0.15) is 11.4 Å². The van der Waals surface area contributed by atoms with Crippen LogP contribution in [0.5, 0.6) is 0 Å². The number of ether oxygens (including phenoxy) is 1. The van der Waals surface area contributed by atoms with Crippen molar-refractivity contribution in [3.63, 3.8) is 0 Å². The summed E-state index contributed by atoms with van der Waals surface area (Å²) < 4.78 is 5.63. The van der Waals surface area contributed by atoms with Gasteiger partial charge < -0.3 is 14.5 Å². The van der Waals surface area contributed by atoms with E-state index < -0.39 is 5.60 Å². The van der Waals surface area contributed by atoms with Crippen LogP contribution in [0.3, 0.4) is 0 Å². The number of anilines is 4. The molecule has 1 saturated heterocycles. The van der Waals surface area contributed by atoms with Crippen LogP contribution in [0.25, 0.3) is 0 Å². The Kier molecular flexibility index (Phi) is 6.27. The molecule has 3 heterocycles. The van der Waals surface area contributed by atoms with Gasteiger partial charge in [-0.3, -0.25) is 9.80 Å². The number of hydrogen-bond donors (Lipinski definition) is 0. The summed E-state index contributed by atoms with van der Waals surface area (Å²) in [6, 6.07) is 12.2. The van der Waals surface area contributed by atoms with E-state index >= 15 is 0 Å². The SMILES string of the molecule is CC(C)(C)OC(=O)N1CCN(c2ccc(N3CCN(C(C)(C)C)CC3)cn2)c2ccccc21. The largest absolute Gasteiger partial charge is 0.443 e. The molecule has 0 unspecified atom stereocenters. The molecule has 7 heteroatoms. The molecule has 2 aliphatic rings. The first-order valence-corrected chi connectivity index (χ1v) is 11.9. The van der Waals surface area contributed by atoms with E-state index in [9.17, 15) is 4.79 Å². The van der Waals surface area contributed by atoms with Crippen LogP contribution in [0.15, 0.2) is 42.6 Å². The topological polar surface area (TPSA) is 52.2 Å². The summed E-state index contributed by atoms with van der Waals surface area (Å²) in [5.41, 5.74) is 2.66. The molecule has 1 aromatic heterocycles. The fourth-order valence-electron chi connectivity index (χ4n) is 4.47. The molecule has 0 radical (unpaired) electrons. The van der Waals surface area contributed by atoms with Gasteiger partial charge in [0.05, 0.1) is 23.3 Å². The number of benzene rings is 1. The number of fused-ring (bicyclic) bond motifs is 1. The molecule has 0 saturated carbocycles. The van der Waals surface area contributed by atoms with Crippen LogP contribution in [0.1, 0.15) is 41.5 Å². The zero-order valence-corrected chi connectivity index (χ0v) is 20.8. The lowest BCUT2D eigenvalue weighted by molar-refractivity contribution is 0.0580. The van der Waals surface area contributed by atoms with E-state index in [1.54, 1.807) is 4.90 Å². The number of rotatable bonds is 2. The molecule has 0 aliphatic carbocycles. The lowest BCUT2D eigenvalue weighted by Crippen LogP contribution is -2.53. The highest BCUT2D eigenvalue weighted by Crippen LogP contribution is 2.37. The second-order valence-electron chi connectivity index (χ2n) is 10.8. The van der Waals surface area contributed by atoms with Crippen LogP contribution in [0.4, 0.5) is 27.7 Å². The van der Waals surface area contributed by atoms with Crippen molar-refractivity contribution in [2.45, 2.75) is 52.7 Å². The highest BCUT2D eigenvalue weighted by Gasteiger charge is 2.31. The van der Waals surface area contributed by atoms with Gasteiger partial charge in [-0.15, -0.1) is 0 Å². The molecule has 7 nitrogen and oxygen atoms in total. The zero-order valence-electron chi connectivity index (χ0n) is 20.8. The van der Waals surface area contributed by atoms with Crippen LogP contribution in [-0.2, 0) is 4.74 Å². The Morgan fingerprint density at radius 3 is 2.09 bits per heavy atom. The van der Waals surface area contributed by atoms with E-state index in [1.807, 2.05) is 51.2 Å². The van der Waals surface area contributed by atoms with E-state index in [2.05, 4.69) is 47.6 Å². The Bertz CT molecular complexity index is 969. The predicted molar refractivity (Wildman–Crippen MR) is 135 cm³/mol. The van der Waals surface area contributed by atoms with Crippen molar-refractivity contribution in [2.24, 2.45) is 0 Å². The van der Waals surface area contributed by atoms with Crippen LogP contribution in [0.2, 0.25) is 0 Å². The van der Waals surface area contributed by atoms with E-state index in [0.29, 0.717) is 13.1 Å². The maximum absolute atomic E-state index is 12.8. The Morgan fingerprint density at radius 2 is 1.52 bits per heavy atom. The number of hydrogen-bond acceptors (Lipinski definition) is 6. The second-order valence-corrected chi connectivity index (χ2v) is 10.8. The minimum atomic E-state index is -0.529. The summed E-state index contributed by atoms with van der Waals surface area (Å²) in [5, 5.41) is 0. The second kappa shape index (κ2) is 8.86. The lowest BCUT2D eigenvalue weighted by atomic mass is 10.0. The summed E-state index contributed by atoms with van der Waals surface area (Å²) in [7, 11) is 0. The fourth-order valence-corrected chi connectivity index (χ4v) is 4.47. The molecule has 0 spiro atoms. The van der Waals surface area contributed by atoms with Crippen LogP contribution >= 0.6 is 0 Å². The van der Waals surface area contributed by atoms with Gasteiger partial charge in [0.15, 0.2) is 0 Å². The van der Waals surface area contributed by atoms with Gasteiger partial charge in [-0.05, 0) is 65.8 Å². The lowest BCUT2D eigenvalue weighted by Gasteiger charge is -2.43. The summed E-state index contributed by atoms with van der Waals surface area (Å²) in [6.45, 7) is 17.8. The molecule has 33 heavy (non-hydrogen) atoms. The molecule has 0 bridgehead atoms.